The smallest absolute Gasteiger partial charge is 0.240 e. The summed E-state index contributed by atoms with van der Waals surface area (Å²) in [6.07, 6.45) is 0. The summed E-state index contributed by atoms with van der Waals surface area (Å²) in [5.74, 6) is 0.816. The highest BCUT2D eigenvalue weighted by Crippen LogP contribution is 2.24. The lowest BCUT2D eigenvalue weighted by molar-refractivity contribution is 0.583. The van der Waals surface area contributed by atoms with Crippen molar-refractivity contribution in [1.29, 1.82) is 0 Å². The molecule has 24 heavy (non-hydrogen) atoms. The zero-order valence-electron chi connectivity index (χ0n) is 14.6. The minimum atomic E-state index is -3.51. The SMILES string of the molecule is CCNS(=O)(=O)c1cc(-c2ccc(N(CC)CC)nn2)ccc1C. The van der Waals surface area contributed by atoms with Crippen molar-refractivity contribution >= 4 is 15.8 Å². The molecule has 0 saturated heterocycles. The Bertz CT molecular complexity index is 785. The van der Waals surface area contributed by atoms with Crippen LogP contribution in [0.3, 0.4) is 0 Å². The lowest BCUT2D eigenvalue weighted by Crippen LogP contribution is -2.24. The average Bonchev–Trinajstić information content (AvgIpc) is 2.57. The Morgan fingerprint density at radius 2 is 1.75 bits per heavy atom. The molecule has 0 aliphatic carbocycles. The van der Waals surface area contributed by atoms with Crippen LogP contribution in [0.2, 0.25) is 0 Å². The summed E-state index contributed by atoms with van der Waals surface area (Å²) in [7, 11) is -3.51. The molecule has 0 saturated carbocycles. The summed E-state index contributed by atoms with van der Waals surface area (Å²) in [4.78, 5) is 2.38. The molecule has 2 rings (SSSR count). The molecular formula is C17H24N4O2S. The lowest BCUT2D eigenvalue weighted by Gasteiger charge is -2.18. The number of sulfonamides is 1. The predicted octanol–water partition coefficient (Wildman–Crippen LogP) is 2.60. The van der Waals surface area contributed by atoms with Crippen LogP contribution in [0.25, 0.3) is 11.3 Å². The van der Waals surface area contributed by atoms with Crippen molar-refractivity contribution in [3.63, 3.8) is 0 Å². The summed E-state index contributed by atoms with van der Waals surface area (Å²) in [5.41, 5.74) is 2.09. The first kappa shape index (κ1) is 18.4. The number of aryl methyl sites for hydroxylation is 1. The van der Waals surface area contributed by atoms with Gasteiger partial charge in [-0.25, -0.2) is 13.1 Å². The van der Waals surface area contributed by atoms with Gasteiger partial charge in [0.05, 0.1) is 10.6 Å². The molecular weight excluding hydrogens is 324 g/mol. The van der Waals surface area contributed by atoms with Crippen LogP contribution in [-0.2, 0) is 10.0 Å². The lowest BCUT2D eigenvalue weighted by atomic mass is 10.1. The highest BCUT2D eigenvalue weighted by atomic mass is 32.2. The second-order valence-corrected chi connectivity index (χ2v) is 7.17. The summed E-state index contributed by atoms with van der Waals surface area (Å²) in [6, 6.07) is 9.08. The molecule has 130 valence electrons. The van der Waals surface area contributed by atoms with E-state index in [0.717, 1.165) is 24.5 Å². The van der Waals surface area contributed by atoms with Crippen molar-refractivity contribution in [3.8, 4) is 11.3 Å². The Hall–Kier alpha value is -1.99. The van der Waals surface area contributed by atoms with E-state index in [1.54, 1.807) is 26.0 Å². The molecule has 0 radical (unpaired) electrons. The molecule has 0 aliphatic heterocycles. The van der Waals surface area contributed by atoms with Gasteiger partial charge in [-0.2, -0.15) is 0 Å². The number of hydrogen-bond acceptors (Lipinski definition) is 5. The third-order valence-electron chi connectivity index (χ3n) is 3.85. The van der Waals surface area contributed by atoms with E-state index in [1.807, 2.05) is 18.2 Å². The van der Waals surface area contributed by atoms with Gasteiger partial charge in [0, 0.05) is 25.2 Å². The molecule has 0 aliphatic rings. The van der Waals surface area contributed by atoms with E-state index in [4.69, 9.17) is 0 Å². The van der Waals surface area contributed by atoms with E-state index in [0.29, 0.717) is 17.8 Å². The van der Waals surface area contributed by atoms with Crippen molar-refractivity contribution in [3.05, 3.63) is 35.9 Å². The quantitative estimate of drug-likeness (QED) is 0.832. The summed E-state index contributed by atoms with van der Waals surface area (Å²) in [5, 5.41) is 8.52. The Balaban J connectivity index is 2.40. The largest absolute Gasteiger partial charge is 0.356 e. The molecule has 0 spiro atoms. The molecule has 1 N–H and O–H groups in total. The van der Waals surface area contributed by atoms with E-state index in [1.165, 1.54) is 0 Å². The first-order valence-corrected chi connectivity index (χ1v) is 9.60. The minimum Gasteiger partial charge on any atom is -0.356 e. The van der Waals surface area contributed by atoms with Crippen LogP contribution in [0, 0.1) is 6.92 Å². The number of aromatic nitrogens is 2. The Labute approximate surface area is 144 Å². The molecule has 0 bridgehead atoms. The highest BCUT2D eigenvalue weighted by molar-refractivity contribution is 7.89. The maximum absolute atomic E-state index is 12.3. The van der Waals surface area contributed by atoms with Gasteiger partial charge >= 0.3 is 0 Å². The summed E-state index contributed by atoms with van der Waals surface area (Å²) >= 11 is 0. The van der Waals surface area contributed by atoms with Gasteiger partial charge < -0.3 is 4.90 Å². The topological polar surface area (TPSA) is 75.2 Å². The van der Waals surface area contributed by atoms with E-state index in [9.17, 15) is 8.42 Å². The van der Waals surface area contributed by atoms with Crippen LogP contribution in [-0.4, -0.2) is 38.2 Å². The van der Waals surface area contributed by atoms with E-state index in [-0.39, 0.29) is 4.90 Å². The van der Waals surface area contributed by atoms with Crippen LogP contribution in [0.15, 0.2) is 35.2 Å². The number of rotatable bonds is 7. The third-order valence-corrected chi connectivity index (χ3v) is 5.53. The third kappa shape index (κ3) is 3.91. The van der Waals surface area contributed by atoms with Crippen LogP contribution in [0.5, 0.6) is 0 Å². The molecule has 7 heteroatoms. The first-order valence-electron chi connectivity index (χ1n) is 8.12. The van der Waals surface area contributed by atoms with Gasteiger partial charge in [0.25, 0.3) is 0 Å². The fourth-order valence-electron chi connectivity index (χ4n) is 2.51. The van der Waals surface area contributed by atoms with Crippen LogP contribution >= 0.6 is 0 Å². The number of hydrogen-bond donors (Lipinski definition) is 1. The van der Waals surface area contributed by atoms with E-state index in [2.05, 4.69) is 33.7 Å². The second kappa shape index (κ2) is 7.72. The fourth-order valence-corrected chi connectivity index (χ4v) is 3.82. The van der Waals surface area contributed by atoms with E-state index < -0.39 is 10.0 Å². The zero-order chi connectivity index (χ0) is 17.7. The zero-order valence-corrected chi connectivity index (χ0v) is 15.4. The average molecular weight is 348 g/mol. The monoisotopic (exact) mass is 348 g/mol. The molecule has 2 aromatic rings. The van der Waals surface area contributed by atoms with Gasteiger partial charge in [-0.3, -0.25) is 0 Å². The Morgan fingerprint density at radius 3 is 2.29 bits per heavy atom. The summed E-state index contributed by atoms with van der Waals surface area (Å²) < 4.78 is 27.1. The molecule has 0 fully saturated rings. The van der Waals surface area contributed by atoms with Crippen molar-refractivity contribution in [2.24, 2.45) is 0 Å². The second-order valence-electron chi connectivity index (χ2n) is 5.43. The van der Waals surface area contributed by atoms with Crippen molar-refractivity contribution in [2.75, 3.05) is 24.5 Å². The molecule has 1 aromatic heterocycles. The molecule has 0 atom stereocenters. The van der Waals surface area contributed by atoms with Crippen LogP contribution in [0.1, 0.15) is 26.3 Å². The predicted molar refractivity (Wildman–Crippen MR) is 96.6 cm³/mol. The molecule has 1 aromatic carbocycles. The highest BCUT2D eigenvalue weighted by Gasteiger charge is 2.17. The van der Waals surface area contributed by atoms with Crippen molar-refractivity contribution in [2.45, 2.75) is 32.6 Å². The Kier molecular flexibility index (Phi) is 5.90. The minimum absolute atomic E-state index is 0.275. The standard InChI is InChI=1S/C17H24N4O2S/c1-5-18-24(22,23)16-12-14(9-8-13(16)4)15-10-11-17(20-19-15)21(6-2)7-3/h8-12,18H,5-7H2,1-4H3. The van der Waals surface area contributed by atoms with Gasteiger partial charge in [-0.05, 0) is 44.5 Å². The summed E-state index contributed by atoms with van der Waals surface area (Å²) in [6.45, 7) is 9.75. The van der Waals surface area contributed by atoms with Crippen molar-refractivity contribution < 1.29 is 8.42 Å². The molecule has 0 amide bonds. The van der Waals surface area contributed by atoms with Gasteiger partial charge in [0.2, 0.25) is 10.0 Å². The molecule has 6 nitrogen and oxygen atoms in total. The number of benzene rings is 1. The number of nitrogens with zero attached hydrogens (tertiary/aromatic N) is 3. The number of nitrogens with one attached hydrogen (secondary N) is 1. The maximum Gasteiger partial charge on any atom is 0.240 e. The number of anilines is 1. The van der Waals surface area contributed by atoms with Gasteiger partial charge in [-0.1, -0.05) is 19.1 Å². The van der Waals surface area contributed by atoms with E-state index >= 15 is 0 Å². The normalized spacial score (nSPS) is 11.5. The first-order chi connectivity index (χ1) is 11.4. The van der Waals surface area contributed by atoms with Crippen LogP contribution in [0.4, 0.5) is 5.82 Å². The maximum atomic E-state index is 12.3. The fraction of sp³-hybridized carbons (Fsp3) is 0.412. The van der Waals surface area contributed by atoms with Gasteiger partial charge in [0.1, 0.15) is 0 Å². The van der Waals surface area contributed by atoms with Gasteiger partial charge in [-0.15, -0.1) is 10.2 Å². The van der Waals surface area contributed by atoms with Crippen LogP contribution < -0.4 is 9.62 Å². The van der Waals surface area contributed by atoms with Crippen molar-refractivity contribution in [1.82, 2.24) is 14.9 Å². The molecule has 0 unspecified atom stereocenters. The Morgan fingerprint density at radius 1 is 1.04 bits per heavy atom. The van der Waals surface area contributed by atoms with Gasteiger partial charge in [0.15, 0.2) is 5.82 Å². The molecule has 1 heterocycles.